The molecule has 5 rings (SSSR count). The molecule has 4 atom stereocenters. The number of rotatable bonds is 2. The molecule has 3 aliphatic rings. The lowest BCUT2D eigenvalue weighted by molar-refractivity contribution is 0.456. The van der Waals surface area contributed by atoms with Crippen LogP contribution in [0.4, 0.5) is 0 Å². The van der Waals surface area contributed by atoms with Crippen LogP contribution in [0.5, 0.6) is 0 Å². The predicted octanol–water partition coefficient (Wildman–Crippen LogP) is 3.03. The van der Waals surface area contributed by atoms with Gasteiger partial charge in [0.2, 0.25) is 0 Å². The van der Waals surface area contributed by atoms with E-state index in [4.69, 9.17) is 0 Å². The maximum Gasteiger partial charge on any atom is 0.141 e. The molecule has 3 saturated carbocycles. The van der Waals surface area contributed by atoms with Gasteiger partial charge >= 0.3 is 0 Å². The molecule has 0 amide bonds. The average Bonchev–Trinajstić information content (AvgIpc) is 2.89. The van der Waals surface area contributed by atoms with Crippen LogP contribution in [0.15, 0.2) is 36.7 Å². The second-order valence-corrected chi connectivity index (χ2v) is 6.41. The number of nitrogens with zero attached hydrogens (tertiary/aromatic N) is 3. The largest absolute Gasteiger partial charge is 0.285 e. The smallest absolute Gasteiger partial charge is 0.141 e. The summed E-state index contributed by atoms with van der Waals surface area (Å²) in [5.74, 6) is 5.71. The number of hydrogen-bond donors (Lipinski definition) is 0. The normalized spacial score (nSPS) is 38.4. The van der Waals surface area contributed by atoms with Crippen molar-refractivity contribution >= 4 is 0 Å². The van der Waals surface area contributed by atoms with Crippen molar-refractivity contribution in [2.24, 2.45) is 23.7 Å². The van der Waals surface area contributed by atoms with Gasteiger partial charge in [-0.25, -0.2) is 0 Å². The maximum atomic E-state index is 4.45. The van der Waals surface area contributed by atoms with Gasteiger partial charge in [0.1, 0.15) is 12.2 Å². The van der Waals surface area contributed by atoms with Crippen LogP contribution in [0.2, 0.25) is 0 Å². The molecule has 19 heavy (non-hydrogen) atoms. The Morgan fingerprint density at radius 2 is 1.74 bits per heavy atom. The molecule has 0 aliphatic heterocycles. The summed E-state index contributed by atoms with van der Waals surface area (Å²) < 4.78 is 2.20. The minimum atomic E-state index is 0.689. The monoisotopic (exact) mass is 251 g/mol. The van der Waals surface area contributed by atoms with E-state index >= 15 is 0 Å². The molecule has 0 saturated heterocycles. The Balaban J connectivity index is 1.54. The molecule has 3 heteroatoms. The van der Waals surface area contributed by atoms with Crippen LogP contribution in [0.3, 0.4) is 0 Å². The van der Waals surface area contributed by atoms with Gasteiger partial charge in [-0.1, -0.05) is 18.2 Å². The van der Waals surface area contributed by atoms with Crippen molar-refractivity contribution in [1.82, 2.24) is 14.8 Å². The molecule has 1 aromatic heterocycles. The summed E-state index contributed by atoms with van der Waals surface area (Å²) in [4.78, 5) is 0. The number of benzene rings is 1. The molecule has 2 bridgehead atoms. The van der Waals surface area contributed by atoms with E-state index in [9.17, 15) is 0 Å². The van der Waals surface area contributed by atoms with Crippen molar-refractivity contribution in [3.8, 4) is 5.69 Å². The highest BCUT2D eigenvalue weighted by atomic mass is 15.3. The molecule has 1 aromatic carbocycles. The van der Waals surface area contributed by atoms with Gasteiger partial charge in [-0.05, 0) is 55.1 Å². The topological polar surface area (TPSA) is 30.7 Å². The zero-order valence-corrected chi connectivity index (χ0v) is 10.8. The van der Waals surface area contributed by atoms with Gasteiger partial charge in [0.05, 0.1) is 0 Å². The molecule has 0 N–H and O–H groups in total. The van der Waals surface area contributed by atoms with Crippen LogP contribution < -0.4 is 0 Å². The molecule has 0 radical (unpaired) electrons. The van der Waals surface area contributed by atoms with E-state index in [-0.39, 0.29) is 0 Å². The summed E-state index contributed by atoms with van der Waals surface area (Å²) in [6, 6.07) is 10.5. The molecule has 2 aromatic rings. The van der Waals surface area contributed by atoms with Crippen LogP contribution in [-0.4, -0.2) is 14.8 Å². The van der Waals surface area contributed by atoms with Crippen LogP contribution in [0, 0.1) is 23.7 Å². The molecule has 3 nitrogen and oxygen atoms in total. The Labute approximate surface area is 112 Å². The van der Waals surface area contributed by atoms with E-state index in [0.29, 0.717) is 5.92 Å². The van der Waals surface area contributed by atoms with E-state index in [2.05, 4.69) is 45.1 Å². The van der Waals surface area contributed by atoms with Crippen molar-refractivity contribution in [1.29, 1.82) is 0 Å². The quantitative estimate of drug-likeness (QED) is 0.821. The second kappa shape index (κ2) is 3.47. The Hall–Kier alpha value is -1.64. The first kappa shape index (κ1) is 10.2. The van der Waals surface area contributed by atoms with Crippen molar-refractivity contribution in [3.05, 3.63) is 42.5 Å². The third kappa shape index (κ3) is 1.28. The average molecular weight is 251 g/mol. The molecular formula is C16H17N3. The summed E-state index contributed by atoms with van der Waals surface area (Å²) in [5, 5.41) is 8.62. The lowest BCUT2D eigenvalue weighted by Gasteiger charge is -2.10. The summed E-state index contributed by atoms with van der Waals surface area (Å²) >= 11 is 0. The minimum Gasteiger partial charge on any atom is -0.285 e. The van der Waals surface area contributed by atoms with E-state index in [1.807, 2.05) is 6.33 Å². The Morgan fingerprint density at radius 3 is 2.47 bits per heavy atom. The second-order valence-electron chi connectivity index (χ2n) is 6.41. The zero-order chi connectivity index (χ0) is 12.4. The lowest BCUT2D eigenvalue weighted by atomic mass is 10.0. The highest BCUT2D eigenvalue weighted by Crippen LogP contribution is 2.72. The fraction of sp³-hybridized carbons (Fsp3) is 0.500. The highest BCUT2D eigenvalue weighted by Gasteiger charge is 2.66. The van der Waals surface area contributed by atoms with E-state index in [1.54, 1.807) is 0 Å². The van der Waals surface area contributed by atoms with Crippen molar-refractivity contribution in [2.45, 2.75) is 25.2 Å². The Kier molecular flexibility index (Phi) is 1.86. The summed E-state index contributed by atoms with van der Waals surface area (Å²) in [6.07, 6.45) is 6.29. The molecule has 4 unspecified atom stereocenters. The number of fused-ring (bicyclic) bond motifs is 5. The van der Waals surface area contributed by atoms with Crippen LogP contribution in [0.1, 0.15) is 31.0 Å². The Morgan fingerprint density at radius 1 is 1.00 bits per heavy atom. The SMILES string of the molecule is c1ccc(-n2cnnc2C2C3C4CCC(C4)C23)cc1. The third-order valence-corrected chi connectivity index (χ3v) is 5.64. The molecule has 3 fully saturated rings. The van der Waals surface area contributed by atoms with Crippen molar-refractivity contribution in [3.63, 3.8) is 0 Å². The third-order valence-electron chi connectivity index (χ3n) is 5.64. The van der Waals surface area contributed by atoms with E-state index < -0.39 is 0 Å². The first-order valence-corrected chi connectivity index (χ1v) is 7.39. The standard InChI is InChI=1S/C16H17N3/c1-2-4-12(5-3-1)19-9-17-18-16(19)15-13-10-6-7-11(8-10)14(13)15/h1-5,9-11,13-15H,6-8H2. The fourth-order valence-electron chi connectivity index (χ4n) is 4.93. The van der Waals surface area contributed by atoms with Crippen LogP contribution >= 0.6 is 0 Å². The molecule has 0 spiro atoms. The van der Waals surface area contributed by atoms with Crippen molar-refractivity contribution in [2.75, 3.05) is 0 Å². The predicted molar refractivity (Wildman–Crippen MR) is 71.9 cm³/mol. The molecule has 3 aliphatic carbocycles. The highest BCUT2D eigenvalue weighted by molar-refractivity contribution is 5.35. The van der Waals surface area contributed by atoms with Gasteiger partial charge in [-0.2, -0.15) is 0 Å². The van der Waals surface area contributed by atoms with Gasteiger partial charge in [-0.3, -0.25) is 4.57 Å². The molecule has 96 valence electrons. The van der Waals surface area contributed by atoms with E-state index in [0.717, 1.165) is 23.7 Å². The minimum absolute atomic E-state index is 0.689. The van der Waals surface area contributed by atoms with Gasteiger partial charge < -0.3 is 0 Å². The molecule has 1 heterocycles. The first-order valence-electron chi connectivity index (χ1n) is 7.39. The summed E-state index contributed by atoms with van der Waals surface area (Å²) in [5.41, 5.74) is 1.19. The van der Waals surface area contributed by atoms with Crippen molar-refractivity contribution < 1.29 is 0 Å². The van der Waals surface area contributed by atoms with Gasteiger partial charge in [0.25, 0.3) is 0 Å². The Bertz CT molecular complexity index is 602. The zero-order valence-electron chi connectivity index (χ0n) is 10.8. The number of aromatic nitrogens is 3. The van der Waals surface area contributed by atoms with Gasteiger partial charge in [0.15, 0.2) is 0 Å². The number of hydrogen-bond acceptors (Lipinski definition) is 2. The summed E-state index contributed by atoms with van der Waals surface area (Å²) in [7, 11) is 0. The van der Waals surface area contributed by atoms with Gasteiger partial charge in [0, 0.05) is 11.6 Å². The van der Waals surface area contributed by atoms with Crippen LogP contribution in [-0.2, 0) is 0 Å². The fourth-order valence-corrected chi connectivity index (χ4v) is 4.93. The van der Waals surface area contributed by atoms with Gasteiger partial charge in [-0.15, -0.1) is 10.2 Å². The lowest BCUT2D eigenvalue weighted by Crippen LogP contribution is -2.04. The number of para-hydroxylation sites is 1. The van der Waals surface area contributed by atoms with Crippen LogP contribution in [0.25, 0.3) is 5.69 Å². The van der Waals surface area contributed by atoms with E-state index in [1.165, 1.54) is 30.8 Å². The first-order chi connectivity index (χ1) is 9.43. The summed E-state index contributed by atoms with van der Waals surface area (Å²) in [6.45, 7) is 0. The maximum absolute atomic E-state index is 4.45. The molecular weight excluding hydrogens is 234 g/mol.